The predicted molar refractivity (Wildman–Crippen MR) is 104 cm³/mol. The number of piperidine rings is 1. The van der Waals surface area contributed by atoms with Crippen LogP contribution in [0.15, 0.2) is 29.2 Å². The van der Waals surface area contributed by atoms with Crippen LogP contribution in [-0.4, -0.2) is 72.4 Å². The Morgan fingerprint density at radius 2 is 1.85 bits per heavy atom. The van der Waals surface area contributed by atoms with Crippen molar-refractivity contribution < 1.29 is 14.7 Å². The summed E-state index contributed by atoms with van der Waals surface area (Å²) in [5.41, 5.74) is 0.980. The van der Waals surface area contributed by atoms with Gasteiger partial charge in [0.2, 0.25) is 5.91 Å². The van der Waals surface area contributed by atoms with Crippen molar-refractivity contribution in [3.8, 4) is 0 Å². The Bertz CT molecular complexity index is 629. The zero-order chi connectivity index (χ0) is 18.5. The average Bonchev–Trinajstić information content (AvgIpc) is 2.67. The maximum Gasteiger partial charge on any atom is 0.407 e. The zero-order valence-electron chi connectivity index (χ0n) is 15.3. The van der Waals surface area contributed by atoms with Crippen LogP contribution in [0.4, 0.5) is 10.5 Å². The molecule has 0 saturated carbocycles. The highest BCUT2D eigenvalue weighted by atomic mass is 32.2. The third-order valence-electron chi connectivity index (χ3n) is 5.42. The van der Waals surface area contributed by atoms with E-state index >= 15 is 0 Å². The molecule has 1 aromatic rings. The molecule has 0 aromatic heterocycles. The Hall–Kier alpha value is -1.73. The molecule has 0 spiro atoms. The second-order valence-corrected chi connectivity index (χ2v) is 7.90. The lowest BCUT2D eigenvalue weighted by Crippen LogP contribution is -2.51. The third kappa shape index (κ3) is 4.71. The number of rotatable bonds is 5. The summed E-state index contributed by atoms with van der Waals surface area (Å²) >= 11 is 1.70. The van der Waals surface area contributed by atoms with Crippen LogP contribution in [0.3, 0.4) is 0 Å². The number of hydrogen-bond acceptors (Lipinski definition) is 4. The molecule has 7 heteroatoms. The topological polar surface area (TPSA) is 64.1 Å². The first-order chi connectivity index (χ1) is 12.6. The molecule has 0 radical (unpaired) electrons. The third-order valence-corrected chi connectivity index (χ3v) is 6.17. The van der Waals surface area contributed by atoms with E-state index in [1.807, 2.05) is 23.3 Å². The summed E-state index contributed by atoms with van der Waals surface area (Å²) in [6.45, 7) is 4.29. The second-order valence-electron chi connectivity index (χ2n) is 7.02. The SMILES string of the molecule is CSc1ccc(N2CCN(CCC3CCN(C(=O)O)CC3)CC2=O)cc1. The van der Waals surface area contributed by atoms with E-state index in [4.69, 9.17) is 5.11 Å². The Kier molecular flexibility index (Phi) is 6.43. The van der Waals surface area contributed by atoms with Crippen molar-refractivity contribution in [2.45, 2.75) is 24.2 Å². The van der Waals surface area contributed by atoms with Crippen LogP contribution in [0.5, 0.6) is 0 Å². The van der Waals surface area contributed by atoms with Crippen molar-refractivity contribution in [2.24, 2.45) is 5.92 Å². The number of carbonyl (C=O) groups is 2. The van der Waals surface area contributed by atoms with Gasteiger partial charge in [-0.15, -0.1) is 11.8 Å². The van der Waals surface area contributed by atoms with E-state index < -0.39 is 6.09 Å². The molecule has 2 heterocycles. The lowest BCUT2D eigenvalue weighted by molar-refractivity contribution is -0.121. The number of hydrogen-bond donors (Lipinski definition) is 1. The van der Waals surface area contributed by atoms with Gasteiger partial charge in [0, 0.05) is 36.8 Å². The van der Waals surface area contributed by atoms with Gasteiger partial charge in [-0.3, -0.25) is 9.69 Å². The van der Waals surface area contributed by atoms with Gasteiger partial charge in [0.05, 0.1) is 6.54 Å². The highest BCUT2D eigenvalue weighted by Crippen LogP contribution is 2.24. The fraction of sp³-hybridized carbons (Fsp3) is 0.579. The molecule has 0 aliphatic carbocycles. The molecule has 2 aliphatic heterocycles. The minimum atomic E-state index is -0.810. The number of piperazine rings is 1. The molecule has 2 fully saturated rings. The highest BCUT2D eigenvalue weighted by Gasteiger charge is 2.27. The lowest BCUT2D eigenvalue weighted by Gasteiger charge is -2.36. The summed E-state index contributed by atoms with van der Waals surface area (Å²) < 4.78 is 0. The van der Waals surface area contributed by atoms with Crippen LogP contribution >= 0.6 is 11.8 Å². The van der Waals surface area contributed by atoms with Gasteiger partial charge < -0.3 is 14.9 Å². The summed E-state index contributed by atoms with van der Waals surface area (Å²) in [5, 5.41) is 9.01. The number of likely N-dealkylation sites (tertiary alicyclic amines) is 1. The molecule has 26 heavy (non-hydrogen) atoms. The summed E-state index contributed by atoms with van der Waals surface area (Å²) in [5.74, 6) is 0.728. The highest BCUT2D eigenvalue weighted by molar-refractivity contribution is 7.98. The Morgan fingerprint density at radius 1 is 1.15 bits per heavy atom. The fourth-order valence-corrected chi connectivity index (χ4v) is 4.13. The summed E-state index contributed by atoms with van der Waals surface area (Å²) in [6.07, 6.45) is 4.15. The first kappa shape index (κ1) is 19.0. The molecule has 6 nitrogen and oxygen atoms in total. The quantitative estimate of drug-likeness (QED) is 0.800. The maximum absolute atomic E-state index is 12.5. The first-order valence-electron chi connectivity index (χ1n) is 9.21. The number of amides is 2. The van der Waals surface area contributed by atoms with Crippen molar-refractivity contribution in [2.75, 3.05) is 50.4 Å². The van der Waals surface area contributed by atoms with Gasteiger partial charge in [0.1, 0.15) is 0 Å². The normalized spacial score (nSPS) is 19.8. The summed E-state index contributed by atoms with van der Waals surface area (Å²) in [4.78, 5) is 30.3. The van der Waals surface area contributed by atoms with Gasteiger partial charge in [0.25, 0.3) is 0 Å². The van der Waals surface area contributed by atoms with Gasteiger partial charge in [0.15, 0.2) is 0 Å². The van der Waals surface area contributed by atoms with E-state index in [2.05, 4.69) is 17.0 Å². The Labute approximate surface area is 159 Å². The van der Waals surface area contributed by atoms with Crippen LogP contribution in [-0.2, 0) is 4.79 Å². The van der Waals surface area contributed by atoms with Crippen LogP contribution in [0, 0.1) is 5.92 Å². The van der Waals surface area contributed by atoms with Gasteiger partial charge >= 0.3 is 6.09 Å². The van der Waals surface area contributed by atoms with Gasteiger partial charge in [-0.05, 0) is 62.2 Å². The van der Waals surface area contributed by atoms with Gasteiger partial charge in [-0.2, -0.15) is 0 Å². The number of benzene rings is 1. The van der Waals surface area contributed by atoms with Gasteiger partial charge in [-0.25, -0.2) is 4.79 Å². The standard InChI is InChI=1S/C19H27N3O3S/c1-26-17-4-2-16(3-5-17)22-13-12-20(14-18(22)23)9-6-15-7-10-21(11-8-15)19(24)25/h2-5,15H,6-14H2,1H3,(H,24,25). The smallest absolute Gasteiger partial charge is 0.407 e. The maximum atomic E-state index is 12.5. The minimum Gasteiger partial charge on any atom is -0.465 e. The largest absolute Gasteiger partial charge is 0.465 e. The van der Waals surface area contributed by atoms with Crippen LogP contribution < -0.4 is 4.90 Å². The summed E-state index contributed by atoms with van der Waals surface area (Å²) in [6, 6.07) is 8.16. The number of carboxylic acid groups (broad SMARTS) is 1. The monoisotopic (exact) mass is 377 g/mol. The van der Waals surface area contributed by atoms with E-state index in [-0.39, 0.29) is 5.91 Å². The Balaban J connectivity index is 1.44. The second kappa shape index (κ2) is 8.77. The number of anilines is 1. The molecule has 1 N–H and O–H groups in total. The van der Waals surface area contributed by atoms with Gasteiger partial charge in [-0.1, -0.05) is 0 Å². The minimum absolute atomic E-state index is 0.161. The predicted octanol–water partition coefficient (Wildman–Crippen LogP) is 2.84. The molecular weight excluding hydrogens is 350 g/mol. The average molecular weight is 378 g/mol. The number of thioether (sulfide) groups is 1. The summed E-state index contributed by atoms with van der Waals surface area (Å²) in [7, 11) is 0. The molecular formula is C19H27N3O3S. The van der Waals surface area contributed by atoms with E-state index in [9.17, 15) is 9.59 Å². The molecule has 2 aliphatic rings. The van der Waals surface area contributed by atoms with E-state index in [0.29, 0.717) is 25.6 Å². The molecule has 2 saturated heterocycles. The molecule has 0 bridgehead atoms. The zero-order valence-corrected chi connectivity index (χ0v) is 16.1. The molecule has 0 unspecified atom stereocenters. The Morgan fingerprint density at radius 3 is 2.42 bits per heavy atom. The number of nitrogens with zero attached hydrogens (tertiary/aromatic N) is 3. The van der Waals surface area contributed by atoms with Crippen molar-refractivity contribution in [1.82, 2.24) is 9.80 Å². The molecule has 142 valence electrons. The molecule has 3 rings (SSSR count). The molecule has 0 atom stereocenters. The van der Waals surface area contributed by atoms with E-state index in [1.54, 1.807) is 11.8 Å². The lowest BCUT2D eigenvalue weighted by atomic mass is 9.93. The van der Waals surface area contributed by atoms with E-state index in [1.165, 1.54) is 9.80 Å². The molecule has 2 amide bonds. The molecule has 1 aromatic carbocycles. The van der Waals surface area contributed by atoms with Crippen LogP contribution in [0.1, 0.15) is 19.3 Å². The van der Waals surface area contributed by atoms with E-state index in [0.717, 1.165) is 44.6 Å². The van der Waals surface area contributed by atoms with Crippen LogP contribution in [0.25, 0.3) is 0 Å². The van der Waals surface area contributed by atoms with Crippen LogP contribution in [0.2, 0.25) is 0 Å². The first-order valence-corrected chi connectivity index (χ1v) is 10.4. The van der Waals surface area contributed by atoms with Crippen molar-refractivity contribution in [1.29, 1.82) is 0 Å². The number of carbonyl (C=O) groups excluding carboxylic acids is 1. The van der Waals surface area contributed by atoms with Crippen molar-refractivity contribution in [3.05, 3.63) is 24.3 Å². The van der Waals surface area contributed by atoms with Crippen molar-refractivity contribution >= 4 is 29.4 Å². The van der Waals surface area contributed by atoms with Crippen molar-refractivity contribution in [3.63, 3.8) is 0 Å². The fourth-order valence-electron chi connectivity index (χ4n) is 3.73.